The van der Waals surface area contributed by atoms with Gasteiger partial charge in [-0.05, 0) is 6.07 Å². The van der Waals surface area contributed by atoms with Crippen LogP contribution in [-0.2, 0) is 4.79 Å². The highest BCUT2D eigenvalue weighted by Crippen LogP contribution is 2.30. The highest BCUT2D eigenvalue weighted by Gasteiger charge is 2.20. The van der Waals surface area contributed by atoms with Crippen LogP contribution in [0.5, 0.6) is 0 Å². The summed E-state index contributed by atoms with van der Waals surface area (Å²) in [6, 6.07) is 6.07. The summed E-state index contributed by atoms with van der Waals surface area (Å²) in [6.45, 7) is 3.98. The molecule has 12 heteroatoms. The summed E-state index contributed by atoms with van der Waals surface area (Å²) in [6.07, 6.45) is 0. The lowest BCUT2D eigenvalue weighted by atomic mass is 10.2. The van der Waals surface area contributed by atoms with Crippen LogP contribution in [0.3, 0.4) is 0 Å². The molecule has 2 aromatic heterocycles. The largest absolute Gasteiger partial charge is 0.411 e. The quantitative estimate of drug-likeness (QED) is 0.355. The van der Waals surface area contributed by atoms with E-state index in [1.807, 2.05) is 13.8 Å². The minimum Gasteiger partial charge on any atom is -0.411 e. The fourth-order valence-electron chi connectivity index (χ4n) is 1.99. The van der Waals surface area contributed by atoms with E-state index in [1.165, 1.54) is 23.5 Å². The Morgan fingerprint density at radius 2 is 2.07 bits per heavy atom. The van der Waals surface area contributed by atoms with Crippen LogP contribution in [0.25, 0.3) is 11.5 Å². The van der Waals surface area contributed by atoms with Gasteiger partial charge in [0.25, 0.3) is 16.8 Å². The Morgan fingerprint density at radius 1 is 1.30 bits per heavy atom. The SMILES string of the molecule is CC(C)c1nnc(NC(=O)CSc2nnc(-c3ccccc3[N+](=O)[O-])o2)s1. The fraction of sp³-hybridized carbons (Fsp3) is 0.267. The number of rotatable bonds is 7. The van der Waals surface area contributed by atoms with E-state index >= 15 is 0 Å². The Morgan fingerprint density at radius 3 is 2.78 bits per heavy atom. The number of benzene rings is 1. The van der Waals surface area contributed by atoms with Crippen LogP contribution in [0.15, 0.2) is 33.9 Å². The maximum Gasteiger partial charge on any atom is 0.282 e. The van der Waals surface area contributed by atoms with Crippen molar-refractivity contribution in [1.29, 1.82) is 0 Å². The molecule has 0 fully saturated rings. The van der Waals surface area contributed by atoms with Crippen LogP contribution in [0.2, 0.25) is 0 Å². The molecule has 140 valence electrons. The molecule has 0 unspecified atom stereocenters. The molecule has 3 aromatic rings. The molecule has 0 aliphatic carbocycles. The van der Waals surface area contributed by atoms with E-state index in [9.17, 15) is 14.9 Å². The Kier molecular flexibility index (Phi) is 5.76. The van der Waals surface area contributed by atoms with E-state index in [0.29, 0.717) is 5.13 Å². The highest BCUT2D eigenvalue weighted by atomic mass is 32.2. The van der Waals surface area contributed by atoms with Gasteiger partial charge in [-0.3, -0.25) is 20.2 Å². The molecule has 1 amide bonds. The molecule has 0 bridgehead atoms. The van der Waals surface area contributed by atoms with E-state index in [1.54, 1.807) is 12.1 Å². The monoisotopic (exact) mass is 406 g/mol. The number of nitrogens with one attached hydrogen (secondary N) is 1. The zero-order chi connectivity index (χ0) is 19.4. The fourth-order valence-corrected chi connectivity index (χ4v) is 3.32. The molecule has 0 saturated heterocycles. The topological polar surface area (TPSA) is 137 Å². The molecule has 1 N–H and O–H groups in total. The van der Waals surface area contributed by atoms with Gasteiger partial charge in [0.15, 0.2) is 0 Å². The number of nitro benzene ring substituents is 1. The number of hydrogen-bond donors (Lipinski definition) is 1. The van der Waals surface area contributed by atoms with Crippen molar-refractivity contribution in [3.8, 4) is 11.5 Å². The number of para-hydroxylation sites is 1. The summed E-state index contributed by atoms with van der Waals surface area (Å²) in [4.78, 5) is 22.6. The molecule has 0 aliphatic rings. The predicted molar refractivity (Wildman–Crippen MR) is 99.7 cm³/mol. The summed E-state index contributed by atoms with van der Waals surface area (Å²) >= 11 is 2.34. The molecule has 27 heavy (non-hydrogen) atoms. The lowest BCUT2D eigenvalue weighted by molar-refractivity contribution is -0.384. The first-order valence-corrected chi connectivity index (χ1v) is 9.57. The molecule has 1 aromatic carbocycles. The van der Waals surface area contributed by atoms with Gasteiger partial charge in [0.1, 0.15) is 10.6 Å². The molecule has 0 radical (unpaired) electrons. The van der Waals surface area contributed by atoms with Gasteiger partial charge < -0.3 is 4.42 Å². The second-order valence-corrected chi connectivity index (χ2v) is 7.52. The Hall–Kier alpha value is -2.86. The third kappa shape index (κ3) is 4.65. The van der Waals surface area contributed by atoms with Gasteiger partial charge in [-0.15, -0.1) is 20.4 Å². The van der Waals surface area contributed by atoms with Crippen LogP contribution in [0, 0.1) is 10.1 Å². The number of anilines is 1. The number of hydrogen-bond acceptors (Lipinski definition) is 10. The average molecular weight is 406 g/mol. The summed E-state index contributed by atoms with van der Waals surface area (Å²) < 4.78 is 5.43. The van der Waals surface area contributed by atoms with Gasteiger partial charge >= 0.3 is 0 Å². The number of aromatic nitrogens is 4. The summed E-state index contributed by atoms with van der Waals surface area (Å²) in [5.41, 5.74) is 0.0917. The minimum absolute atomic E-state index is 0.0229. The van der Waals surface area contributed by atoms with Crippen molar-refractivity contribution in [1.82, 2.24) is 20.4 Å². The first kappa shape index (κ1) is 18.9. The lowest BCUT2D eigenvalue weighted by Crippen LogP contribution is -2.13. The molecule has 0 saturated carbocycles. The van der Waals surface area contributed by atoms with Gasteiger partial charge in [-0.2, -0.15) is 0 Å². The predicted octanol–water partition coefficient (Wildman–Crippen LogP) is 3.35. The zero-order valence-electron chi connectivity index (χ0n) is 14.3. The molecule has 0 spiro atoms. The molecular weight excluding hydrogens is 392 g/mol. The van der Waals surface area contributed by atoms with Crippen molar-refractivity contribution >= 4 is 39.8 Å². The normalized spacial score (nSPS) is 10.9. The van der Waals surface area contributed by atoms with E-state index in [0.717, 1.165) is 16.8 Å². The first-order valence-electron chi connectivity index (χ1n) is 7.77. The summed E-state index contributed by atoms with van der Waals surface area (Å²) in [5, 5.41) is 30.7. The molecule has 10 nitrogen and oxygen atoms in total. The third-order valence-corrected chi connectivity index (χ3v) is 5.20. The van der Waals surface area contributed by atoms with E-state index in [-0.39, 0.29) is 39.9 Å². The van der Waals surface area contributed by atoms with Crippen LogP contribution in [0.1, 0.15) is 24.8 Å². The van der Waals surface area contributed by atoms with Gasteiger partial charge in [-0.1, -0.05) is 49.1 Å². The Bertz CT molecular complexity index is 971. The molecule has 0 atom stereocenters. The highest BCUT2D eigenvalue weighted by molar-refractivity contribution is 7.99. The zero-order valence-corrected chi connectivity index (χ0v) is 15.9. The van der Waals surface area contributed by atoms with Gasteiger partial charge in [-0.25, -0.2) is 0 Å². The molecule has 3 rings (SSSR count). The first-order chi connectivity index (χ1) is 12.9. The lowest BCUT2D eigenvalue weighted by Gasteiger charge is -1.99. The van der Waals surface area contributed by atoms with Crippen molar-refractivity contribution in [2.24, 2.45) is 0 Å². The van der Waals surface area contributed by atoms with Crippen LogP contribution >= 0.6 is 23.1 Å². The maximum absolute atomic E-state index is 12.0. The number of amides is 1. The van der Waals surface area contributed by atoms with Crippen molar-refractivity contribution in [2.45, 2.75) is 25.0 Å². The number of nitrogens with zero attached hydrogens (tertiary/aromatic N) is 5. The van der Waals surface area contributed by atoms with E-state index in [4.69, 9.17) is 4.42 Å². The second kappa shape index (κ2) is 8.22. The van der Waals surface area contributed by atoms with E-state index in [2.05, 4.69) is 25.7 Å². The smallest absolute Gasteiger partial charge is 0.282 e. The molecule has 0 aliphatic heterocycles. The summed E-state index contributed by atoms with van der Waals surface area (Å²) in [5.74, 6) is -0.0102. The van der Waals surface area contributed by atoms with Gasteiger partial charge in [0, 0.05) is 12.0 Å². The average Bonchev–Trinajstić information content (AvgIpc) is 3.29. The van der Waals surface area contributed by atoms with Crippen molar-refractivity contribution in [3.63, 3.8) is 0 Å². The van der Waals surface area contributed by atoms with Crippen molar-refractivity contribution in [2.75, 3.05) is 11.1 Å². The van der Waals surface area contributed by atoms with Crippen LogP contribution < -0.4 is 5.32 Å². The Labute approximate surface area is 161 Å². The summed E-state index contributed by atoms with van der Waals surface area (Å²) in [7, 11) is 0. The van der Waals surface area contributed by atoms with Gasteiger partial charge in [0.05, 0.1) is 10.7 Å². The third-order valence-electron chi connectivity index (χ3n) is 3.25. The Balaban J connectivity index is 1.61. The number of nitro groups is 1. The van der Waals surface area contributed by atoms with Crippen molar-refractivity contribution < 1.29 is 14.1 Å². The number of carbonyl (C=O) groups excluding carboxylic acids is 1. The molecular formula is C15H14N6O4S2. The number of thioether (sulfide) groups is 1. The van der Waals surface area contributed by atoms with Crippen molar-refractivity contribution in [3.05, 3.63) is 39.4 Å². The van der Waals surface area contributed by atoms with Gasteiger partial charge in [0.2, 0.25) is 11.0 Å². The van der Waals surface area contributed by atoms with E-state index < -0.39 is 4.92 Å². The van der Waals surface area contributed by atoms with Crippen LogP contribution in [0.4, 0.5) is 10.8 Å². The minimum atomic E-state index is -0.521. The maximum atomic E-state index is 12.0. The molecule has 2 heterocycles. The number of carbonyl (C=O) groups is 1. The second-order valence-electron chi connectivity index (χ2n) is 5.58. The van der Waals surface area contributed by atoms with Crippen LogP contribution in [-0.4, -0.2) is 37.0 Å². The standard InChI is InChI=1S/C15H14N6O4S2/c1-8(2)13-18-19-14(27-13)16-11(22)7-26-15-20-17-12(25-15)9-5-3-4-6-10(9)21(23)24/h3-6,8H,7H2,1-2H3,(H,16,19,22).